The summed E-state index contributed by atoms with van der Waals surface area (Å²) in [5.74, 6) is 0. The predicted molar refractivity (Wildman–Crippen MR) is 34.8 cm³/mol. The first-order valence-electron chi connectivity index (χ1n) is 2.94. The summed E-state index contributed by atoms with van der Waals surface area (Å²) in [7, 11) is 0. The summed E-state index contributed by atoms with van der Waals surface area (Å²) in [6.07, 6.45) is 1.94. The highest BCUT2D eigenvalue weighted by Gasteiger charge is 2.10. The minimum Gasteiger partial charge on any atom is -0.304 e. The van der Waals surface area contributed by atoms with Crippen LogP contribution in [0.3, 0.4) is 0 Å². The maximum Gasteiger partial charge on any atom is 0.193 e. The summed E-state index contributed by atoms with van der Waals surface area (Å²) in [6, 6.07) is 0. The van der Waals surface area contributed by atoms with Crippen LogP contribution < -0.4 is 0 Å². The van der Waals surface area contributed by atoms with Gasteiger partial charge in [-0.05, 0) is 12.8 Å². The molecule has 0 heterocycles. The number of hydrogen-bond donors (Lipinski definition) is 1. The maximum absolute atomic E-state index is 10.4. The van der Waals surface area contributed by atoms with Crippen molar-refractivity contribution < 1.29 is 13.9 Å². The highest BCUT2D eigenvalue weighted by Crippen LogP contribution is 2.02. The van der Waals surface area contributed by atoms with Crippen LogP contribution in [-0.4, -0.2) is 14.2 Å². The van der Waals surface area contributed by atoms with Crippen molar-refractivity contribution in [2.75, 3.05) is 0 Å². The Morgan fingerprint density at radius 2 is 2.22 bits per heavy atom. The van der Waals surface area contributed by atoms with Crippen molar-refractivity contribution in [3.05, 3.63) is 0 Å². The van der Waals surface area contributed by atoms with E-state index < -0.39 is 16.5 Å². The molecular formula is C5H11O3S. The first kappa shape index (κ1) is 9.07. The SMILES string of the molecule is CCCCC([O])S(=O)O. The van der Waals surface area contributed by atoms with Gasteiger partial charge in [0.05, 0.1) is 0 Å². The Morgan fingerprint density at radius 3 is 2.56 bits per heavy atom. The topological polar surface area (TPSA) is 57.2 Å². The van der Waals surface area contributed by atoms with Crippen LogP contribution >= 0.6 is 0 Å². The van der Waals surface area contributed by atoms with Gasteiger partial charge in [0.2, 0.25) is 0 Å². The molecule has 0 aliphatic rings. The molecule has 4 heteroatoms. The largest absolute Gasteiger partial charge is 0.304 e. The third-order valence-corrected chi connectivity index (χ3v) is 1.70. The quantitative estimate of drug-likeness (QED) is 0.613. The lowest BCUT2D eigenvalue weighted by molar-refractivity contribution is 0.143. The van der Waals surface area contributed by atoms with Crippen molar-refractivity contribution in [2.45, 2.75) is 31.6 Å². The van der Waals surface area contributed by atoms with Gasteiger partial charge >= 0.3 is 0 Å². The molecule has 0 amide bonds. The van der Waals surface area contributed by atoms with Crippen molar-refractivity contribution in [3.8, 4) is 0 Å². The van der Waals surface area contributed by atoms with E-state index in [0.717, 1.165) is 12.8 Å². The summed E-state index contributed by atoms with van der Waals surface area (Å²) < 4.78 is 18.2. The van der Waals surface area contributed by atoms with Crippen molar-refractivity contribution >= 4 is 11.1 Å². The molecule has 0 rings (SSSR count). The molecule has 2 atom stereocenters. The van der Waals surface area contributed by atoms with Gasteiger partial charge in [-0.25, -0.2) is 9.32 Å². The lowest BCUT2D eigenvalue weighted by Crippen LogP contribution is -2.10. The van der Waals surface area contributed by atoms with Gasteiger partial charge in [-0.1, -0.05) is 13.3 Å². The maximum atomic E-state index is 10.4. The molecule has 2 unspecified atom stereocenters. The number of rotatable bonds is 4. The molecular weight excluding hydrogens is 140 g/mol. The summed E-state index contributed by atoms with van der Waals surface area (Å²) in [5, 5.41) is 10.4. The van der Waals surface area contributed by atoms with E-state index in [1.54, 1.807) is 0 Å². The van der Waals surface area contributed by atoms with Gasteiger partial charge in [0.25, 0.3) is 0 Å². The van der Waals surface area contributed by atoms with Gasteiger partial charge in [-0.15, -0.1) is 0 Å². The van der Waals surface area contributed by atoms with Gasteiger partial charge in [-0.3, -0.25) is 0 Å². The fraction of sp³-hybridized carbons (Fsp3) is 1.00. The molecule has 0 aromatic heterocycles. The molecule has 1 radical (unpaired) electrons. The summed E-state index contributed by atoms with van der Waals surface area (Å²) in [6.45, 7) is 1.94. The van der Waals surface area contributed by atoms with Crippen LogP contribution in [0.25, 0.3) is 0 Å². The molecule has 0 aromatic carbocycles. The van der Waals surface area contributed by atoms with Crippen LogP contribution in [-0.2, 0) is 16.2 Å². The Hall–Kier alpha value is 0.0700. The normalized spacial score (nSPS) is 17.2. The van der Waals surface area contributed by atoms with E-state index in [1.807, 2.05) is 6.92 Å². The van der Waals surface area contributed by atoms with E-state index in [9.17, 15) is 9.32 Å². The molecule has 0 bridgehead atoms. The highest BCUT2D eigenvalue weighted by molar-refractivity contribution is 7.79. The van der Waals surface area contributed by atoms with Crippen LogP contribution in [0, 0.1) is 0 Å². The second kappa shape index (κ2) is 4.90. The minimum atomic E-state index is -2.17. The molecule has 0 fully saturated rings. The molecule has 0 aliphatic heterocycles. The predicted octanol–water partition coefficient (Wildman–Crippen LogP) is 1.15. The van der Waals surface area contributed by atoms with Crippen molar-refractivity contribution in [2.24, 2.45) is 0 Å². The Morgan fingerprint density at radius 1 is 1.67 bits per heavy atom. The monoisotopic (exact) mass is 151 g/mol. The van der Waals surface area contributed by atoms with Gasteiger partial charge in [0, 0.05) is 0 Å². The average molecular weight is 151 g/mol. The Bertz CT molecular complexity index is 94.2. The van der Waals surface area contributed by atoms with Crippen LogP contribution in [0.2, 0.25) is 0 Å². The molecule has 0 aliphatic carbocycles. The fourth-order valence-electron chi connectivity index (χ4n) is 0.472. The zero-order valence-electron chi connectivity index (χ0n) is 5.37. The Balaban J connectivity index is 3.27. The van der Waals surface area contributed by atoms with E-state index in [4.69, 9.17) is 4.55 Å². The van der Waals surface area contributed by atoms with Crippen LogP contribution in [0.4, 0.5) is 0 Å². The van der Waals surface area contributed by atoms with Crippen LogP contribution in [0.5, 0.6) is 0 Å². The Labute approximate surface area is 57.4 Å². The molecule has 55 valence electrons. The van der Waals surface area contributed by atoms with E-state index >= 15 is 0 Å². The number of hydrogen-bond acceptors (Lipinski definition) is 1. The summed E-state index contributed by atoms with van der Waals surface area (Å²) in [4.78, 5) is 0. The van der Waals surface area contributed by atoms with E-state index in [2.05, 4.69) is 0 Å². The average Bonchev–Trinajstić information content (AvgIpc) is 1.82. The van der Waals surface area contributed by atoms with Gasteiger partial charge < -0.3 is 4.55 Å². The second-order valence-corrected chi connectivity index (χ2v) is 2.93. The highest BCUT2D eigenvalue weighted by atomic mass is 32.2. The molecule has 9 heavy (non-hydrogen) atoms. The first-order chi connectivity index (χ1) is 4.18. The third kappa shape index (κ3) is 4.57. The molecule has 1 N–H and O–H groups in total. The van der Waals surface area contributed by atoms with Gasteiger partial charge in [-0.2, -0.15) is 0 Å². The lowest BCUT2D eigenvalue weighted by Gasteiger charge is -1.99. The minimum absolute atomic E-state index is 0.305. The molecule has 0 saturated carbocycles. The van der Waals surface area contributed by atoms with Crippen LogP contribution in [0.1, 0.15) is 26.2 Å². The van der Waals surface area contributed by atoms with Crippen LogP contribution in [0.15, 0.2) is 0 Å². The third-order valence-electron chi connectivity index (χ3n) is 1.02. The fourth-order valence-corrected chi connectivity index (χ4v) is 0.840. The smallest absolute Gasteiger partial charge is 0.193 e. The standard InChI is InChI=1S/C5H11O3S/c1-2-3-4-5(6)9(7)8/h5H,2-4H2,1H3,(H,7,8). The zero-order valence-corrected chi connectivity index (χ0v) is 6.19. The zero-order chi connectivity index (χ0) is 7.28. The second-order valence-electron chi connectivity index (χ2n) is 1.85. The van der Waals surface area contributed by atoms with Crippen molar-refractivity contribution in [1.82, 2.24) is 0 Å². The van der Waals surface area contributed by atoms with E-state index in [-0.39, 0.29) is 0 Å². The molecule has 0 saturated heterocycles. The summed E-state index contributed by atoms with van der Waals surface area (Å²) in [5.41, 5.74) is -1.30. The van der Waals surface area contributed by atoms with E-state index in [1.165, 1.54) is 0 Å². The number of unbranched alkanes of at least 4 members (excludes halogenated alkanes) is 1. The van der Waals surface area contributed by atoms with Crippen molar-refractivity contribution in [1.29, 1.82) is 0 Å². The van der Waals surface area contributed by atoms with Crippen molar-refractivity contribution in [3.63, 3.8) is 0 Å². The molecule has 0 spiro atoms. The molecule has 0 aromatic rings. The van der Waals surface area contributed by atoms with E-state index in [0.29, 0.717) is 6.42 Å². The van der Waals surface area contributed by atoms with Gasteiger partial charge in [0.15, 0.2) is 16.5 Å². The van der Waals surface area contributed by atoms with Gasteiger partial charge in [0.1, 0.15) is 0 Å². The Kier molecular flexibility index (Phi) is 4.94. The lowest BCUT2D eigenvalue weighted by atomic mass is 10.3. The first-order valence-corrected chi connectivity index (χ1v) is 4.11. The molecule has 3 nitrogen and oxygen atoms in total. The summed E-state index contributed by atoms with van der Waals surface area (Å²) >= 11 is -2.17.